The molecule has 152 valence electrons. The number of aromatic amines is 1. The highest BCUT2D eigenvalue weighted by Gasteiger charge is 2.18. The number of allylic oxidation sites excluding steroid dienone is 11. The number of nitrogens with one attached hydrogen (secondary N) is 1. The Morgan fingerprint density at radius 3 is 2.34 bits per heavy atom. The van der Waals surface area contributed by atoms with Gasteiger partial charge in [0.25, 0.3) is 0 Å². The van der Waals surface area contributed by atoms with Crippen molar-refractivity contribution in [2.45, 2.75) is 34.6 Å². The Bertz CT molecular complexity index is 928. The predicted molar refractivity (Wildman–Crippen MR) is 128 cm³/mol. The minimum absolute atomic E-state index is 0.0940. The van der Waals surface area contributed by atoms with Crippen LogP contribution in [0.3, 0.4) is 0 Å². The highest BCUT2D eigenvalue weighted by Crippen LogP contribution is 2.28. The van der Waals surface area contributed by atoms with Gasteiger partial charge in [-0.2, -0.15) is 0 Å². The first kappa shape index (κ1) is 23.8. The molecule has 0 fully saturated rings. The summed E-state index contributed by atoms with van der Waals surface area (Å²) in [5, 5.41) is 0. The van der Waals surface area contributed by atoms with E-state index in [1.165, 1.54) is 5.57 Å². The molecule has 0 atom stereocenters. The van der Waals surface area contributed by atoms with E-state index in [2.05, 4.69) is 55.9 Å². The van der Waals surface area contributed by atoms with Crippen LogP contribution in [-0.2, 0) is 0 Å². The summed E-state index contributed by atoms with van der Waals surface area (Å²) in [6, 6.07) is 0. The van der Waals surface area contributed by atoms with E-state index in [-0.39, 0.29) is 5.78 Å². The predicted octanol–water partition coefficient (Wildman–Crippen LogP) is 7.34. The number of aromatic nitrogens is 1. The van der Waals surface area contributed by atoms with E-state index < -0.39 is 0 Å². The van der Waals surface area contributed by atoms with E-state index in [1.807, 2.05) is 39.0 Å². The molecular formula is C26H32N2O. The standard InChI is InChI=1S/C26H32N2O/c1-9-12-22(13-10-2)25(29)24-17-28-26(27-8)23(24)16-20(7)19(6)14-15-21(11-3)18(4)5/h9-18,28H,1,3,8H2,2,4-7H3/b13-10-,19-14+,20-16+,21-15+,22-12+. The number of hydrogen-bond acceptors (Lipinski definition) is 2. The van der Waals surface area contributed by atoms with Crippen LogP contribution in [0.15, 0.2) is 89.2 Å². The van der Waals surface area contributed by atoms with E-state index in [1.54, 1.807) is 24.4 Å². The Labute approximate surface area is 175 Å². The molecule has 0 aliphatic heterocycles. The van der Waals surface area contributed by atoms with Crippen molar-refractivity contribution in [2.75, 3.05) is 0 Å². The maximum atomic E-state index is 13.0. The van der Waals surface area contributed by atoms with Gasteiger partial charge in [-0.25, -0.2) is 4.99 Å². The molecule has 0 amide bonds. The highest BCUT2D eigenvalue weighted by molar-refractivity contribution is 6.13. The van der Waals surface area contributed by atoms with Crippen molar-refractivity contribution < 1.29 is 4.79 Å². The molecule has 1 aromatic heterocycles. The average molecular weight is 389 g/mol. The molecule has 29 heavy (non-hydrogen) atoms. The third kappa shape index (κ3) is 6.42. The smallest absolute Gasteiger partial charge is 0.195 e. The van der Waals surface area contributed by atoms with Gasteiger partial charge in [0.05, 0.1) is 0 Å². The minimum atomic E-state index is -0.0940. The summed E-state index contributed by atoms with van der Waals surface area (Å²) >= 11 is 0. The molecule has 1 aromatic rings. The maximum absolute atomic E-state index is 13.0. The van der Waals surface area contributed by atoms with Gasteiger partial charge in [0.1, 0.15) is 5.82 Å². The number of aliphatic imine (C=N–C) groups is 1. The third-order valence-corrected chi connectivity index (χ3v) is 4.62. The fourth-order valence-electron chi connectivity index (χ4n) is 2.74. The molecule has 3 nitrogen and oxygen atoms in total. The lowest BCUT2D eigenvalue weighted by Gasteiger charge is -2.06. The van der Waals surface area contributed by atoms with Crippen molar-refractivity contribution in [3.05, 3.63) is 95.3 Å². The van der Waals surface area contributed by atoms with Gasteiger partial charge in [-0.3, -0.25) is 4.79 Å². The van der Waals surface area contributed by atoms with Crippen LogP contribution in [0.2, 0.25) is 0 Å². The molecular weight excluding hydrogens is 356 g/mol. The van der Waals surface area contributed by atoms with E-state index in [9.17, 15) is 4.79 Å². The zero-order valence-corrected chi connectivity index (χ0v) is 18.3. The van der Waals surface area contributed by atoms with Gasteiger partial charge < -0.3 is 4.98 Å². The second kappa shape index (κ2) is 11.6. The van der Waals surface area contributed by atoms with Gasteiger partial charge in [-0.05, 0) is 56.2 Å². The summed E-state index contributed by atoms with van der Waals surface area (Å²) in [5.41, 5.74) is 5.14. The molecule has 1 heterocycles. The second-order valence-corrected chi connectivity index (χ2v) is 7.01. The lowest BCUT2D eigenvalue weighted by Crippen LogP contribution is -2.02. The molecule has 0 aromatic carbocycles. The van der Waals surface area contributed by atoms with Crippen LogP contribution in [0, 0.1) is 5.92 Å². The third-order valence-electron chi connectivity index (χ3n) is 4.62. The molecule has 3 heteroatoms. The summed E-state index contributed by atoms with van der Waals surface area (Å²) in [4.78, 5) is 20.1. The number of carbonyl (C=O) groups is 1. The largest absolute Gasteiger partial charge is 0.345 e. The first-order valence-electron chi connectivity index (χ1n) is 9.68. The molecule has 0 radical (unpaired) electrons. The Hall–Kier alpha value is -3.20. The Kier molecular flexibility index (Phi) is 9.54. The van der Waals surface area contributed by atoms with Crippen LogP contribution in [0.1, 0.15) is 50.5 Å². The lowest BCUT2D eigenvalue weighted by molar-refractivity contribution is 0.103. The van der Waals surface area contributed by atoms with Gasteiger partial charge in [-0.1, -0.05) is 69.5 Å². The molecule has 0 bridgehead atoms. The average Bonchev–Trinajstić information content (AvgIpc) is 3.09. The van der Waals surface area contributed by atoms with Crippen molar-refractivity contribution in [3.63, 3.8) is 0 Å². The van der Waals surface area contributed by atoms with Crippen molar-refractivity contribution in [1.82, 2.24) is 4.98 Å². The van der Waals surface area contributed by atoms with E-state index in [0.29, 0.717) is 22.9 Å². The first-order chi connectivity index (χ1) is 13.8. The quantitative estimate of drug-likeness (QED) is 0.194. The molecule has 0 spiro atoms. The molecule has 1 rings (SSSR count). The fraction of sp³-hybridized carbons (Fsp3) is 0.231. The SMILES string of the molecule is C=C/C=C(\C=C/C)C(=O)c1c[nH]c(N=C)c1/C=C(C)/C(C)=C/C=C(\C=C)C(C)C. The summed E-state index contributed by atoms with van der Waals surface area (Å²) in [7, 11) is 0. The van der Waals surface area contributed by atoms with Gasteiger partial charge >= 0.3 is 0 Å². The number of ketones is 1. The molecule has 0 aliphatic carbocycles. The van der Waals surface area contributed by atoms with Crippen LogP contribution in [0.25, 0.3) is 6.08 Å². The number of carbonyl (C=O) groups excluding carboxylic acids is 1. The van der Waals surface area contributed by atoms with Crippen LogP contribution in [0.5, 0.6) is 0 Å². The topological polar surface area (TPSA) is 45.2 Å². The van der Waals surface area contributed by atoms with Crippen molar-refractivity contribution in [2.24, 2.45) is 10.9 Å². The Balaban J connectivity index is 3.44. The number of rotatable bonds is 10. The first-order valence-corrected chi connectivity index (χ1v) is 9.68. The molecule has 0 aliphatic rings. The van der Waals surface area contributed by atoms with Crippen LogP contribution in [-0.4, -0.2) is 17.5 Å². The monoisotopic (exact) mass is 388 g/mol. The van der Waals surface area contributed by atoms with Gasteiger partial charge in [-0.15, -0.1) is 0 Å². The Morgan fingerprint density at radius 1 is 1.14 bits per heavy atom. The minimum Gasteiger partial charge on any atom is -0.345 e. The zero-order chi connectivity index (χ0) is 22.0. The lowest BCUT2D eigenvalue weighted by atomic mass is 9.97. The molecule has 0 saturated carbocycles. The number of hydrogen-bond donors (Lipinski definition) is 1. The molecule has 0 unspecified atom stereocenters. The van der Waals surface area contributed by atoms with Crippen LogP contribution in [0.4, 0.5) is 5.82 Å². The van der Waals surface area contributed by atoms with Crippen molar-refractivity contribution in [1.29, 1.82) is 0 Å². The summed E-state index contributed by atoms with van der Waals surface area (Å²) in [6.45, 7) is 21.4. The number of H-pyrrole nitrogens is 1. The maximum Gasteiger partial charge on any atom is 0.195 e. The van der Waals surface area contributed by atoms with Crippen molar-refractivity contribution in [3.8, 4) is 0 Å². The Morgan fingerprint density at radius 2 is 1.83 bits per heavy atom. The normalized spacial score (nSPS) is 13.9. The molecule has 0 saturated heterocycles. The van der Waals surface area contributed by atoms with Gasteiger partial charge in [0.2, 0.25) is 0 Å². The zero-order valence-electron chi connectivity index (χ0n) is 18.3. The fourth-order valence-corrected chi connectivity index (χ4v) is 2.74. The number of Topliss-reactive ketones (excluding diaryl/α,β-unsaturated/α-hetero) is 1. The van der Waals surface area contributed by atoms with E-state index >= 15 is 0 Å². The van der Waals surface area contributed by atoms with Crippen LogP contribution < -0.4 is 0 Å². The summed E-state index contributed by atoms with van der Waals surface area (Å²) in [6.07, 6.45) is 16.6. The second-order valence-electron chi connectivity index (χ2n) is 7.01. The summed E-state index contributed by atoms with van der Waals surface area (Å²) < 4.78 is 0. The molecule has 1 N–H and O–H groups in total. The van der Waals surface area contributed by atoms with Gasteiger partial charge in [0.15, 0.2) is 5.78 Å². The highest BCUT2D eigenvalue weighted by atomic mass is 16.1. The van der Waals surface area contributed by atoms with E-state index in [4.69, 9.17) is 0 Å². The van der Waals surface area contributed by atoms with Gasteiger partial charge in [0, 0.05) is 22.9 Å². The van der Waals surface area contributed by atoms with Crippen LogP contribution >= 0.6 is 0 Å². The number of nitrogens with zero attached hydrogens (tertiary/aromatic N) is 1. The summed E-state index contributed by atoms with van der Waals surface area (Å²) in [5.74, 6) is 0.889. The van der Waals surface area contributed by atoms with Crippen molar-refractivity contribution >= 4 is 24.4 Å². The van der Waals surface area contributed by atoms with E-state index in [0.717, 1.165) is 16.7 Å².